The summed E-state index contributed by atoms with van der Waals surface area (Å²) in [5, 5.41) is 7.77. The van der Waals surface area contributed by atoms with Gasteiger partial charge in [0.25, 0.3) is 5.91 Å². The number of carbonyl (C=O) groups is 3. The van der Waals surface area contributed by atoms with E-state index in [1.165, 1.54) is 0 Å². The van der Waals surface area contributed by atoms with Crippen LogP contribution in [0.3, 0.4) is 0 Å². The van der Waals surface area contributed by atoms with Gasteiger partial charge in [-0.1, -0.05) is 61.2 Å². The monoisotopic (exact) mass is 559 g/mol. The number of fused-ring (bicyclic) bond motifs is 1. The van der Waals surface area contributed by atoms with E-state index in [0.29, 0.717) is 11.3 Å². The Kier molecular flexibility index (Phi) is 9.20. The van der Waals surface area contributed by atoms with Crippen LogP contribution in [0.1, 0.15) is 57.2 Å². The minimum Gasteiger partial charge on any atom is -0.444 e. The number of ether oxygens (including phenoxy) is 1. The van der Waals surface area contributed by atoms with E-state index < -0.39 is 23.8 Å². The predicted molar refractivity (Wildman–Crippen MR) is 163 cm³/mol. The second-order valence-corrected chi connectivity index (χ2v) is 11.4. The van der Waals surface area contributed by atoms with Gasteiger partial charge in [-0.05, 0) is 80.1 Å². The molecule has 7 nitrogen and oxygen atoms in total. The molecule has 1 aliphatic carbocycles. The maximum Gasteiger partial charge on any atom is 0.408 e. The lowest BCUT2D eigenvalue weighted by Gasteiger charge is -2.43. The molecule has 1 fully saturated rings. The highest BCUT2D eigenvalue weighted by Gasteiger charge is 2.41. The van der Waals surface area contributed by atoms with E-state index in [9.17, 15) is 14.4 Å². The third-order valence-electron chi connectivity index (χ3n) is 6.90. The zero-order valence-electron chi connectivity index (χ0n) is 23.2. The van der Waals surface area contributed by atoms with Crippen LogP contribution in [-0.2, 0) is 14.3 Å². The van der Waals surface area contributed by atoms with Crippen molar-refractivity contribution in [2.24, 2.45) is 0 Å². The van der Waals surface area contributed by atoms with E-state index in [4.69, 9.17) is 4.74 Å². The number of hydrogen-bond donors (Lipinski definition) is 3. The van der Waals surface area contributed by atoms with Gasteiger partial charge in [-0.15, -0.1) is 0 Å². The van der Waals surface area contributed by atoms with E-state index in [1.54, 1.807) is 31.7 Å². The van der Waals surface area contributed by atoms with Crippen molar-refractivity contribution in [1.29, 1.82) is 0 Å². The zero-order valence-corrected chi connectivity index (χ0v) is 24.1. The minimum absolute atomic E-state index is 0.0486. The number of nitrogens with one attached hydrogen (secondary N) is 2. The first kappa shape index (κ1) is 29.2. The molecule has 3 aromatic carbocycles. The van der Waals surface area contributed by atoms with Gasteiger partial charge >= 0.3 is 6.09 Å². The lowest BCUT2D eigenvalue weighted by Crippen LogP contribution is -2.57. The van der Waals surface area contributed by atoms with E-state index in [1.807, 2.05) is 66.7 Å². The average molecular weight is 560 g/mol. The van der Waals surface area contributed by atoms with Gasteiger partial charge < -0.3 is 20.3 Å². The van der Waals surface area contributed by atoms with E-state index in [2.05, 4.69) is 29.8 Å². The molecular formula is C32H37N3O4S. The third kappa shape index (κ3) is 7.04. The molecule has 1 aliphatic rings. The molecule has 210 valence electrons. The van der Waals surface area contributed by atoms with Gasteiger partial charge in [-0.25, -0.2) is 4.79 Å². The molecule has 0 heterocycles. The number of rotatable bonds is 9. The summed E-state index contributed by atoms with van der Waals surface area (Å²) in [6.07, 6.45) is 3.47. The van der Waals surface area contributed by atoms with Crippen LogP contribution in [-0.4, -0.2) is 46.2 Å². The lowest BCUT2D eigenvalue weighted by molar-refractivity contribution is -0.145. The Morgan fingerprint density at radius 3 is 2.40 bits per heavy atom. The average Bonchev–Trinajstić information content (AvgIpc) is 2.89. The van der Waals surface area contributed by atoms with Gasteiger partial charge in [0, 0.05) is 17.5 Å². The predicted octanol–water partition coefficient (Wildman–Crippen LogP) is 6.37. The van der Waals surface area contributed by atoms with Gasteiger partial charge in [0.1, 0.15) is 17.7 Å². The molecular weight excluding hydrogens is 522 g/mol. The Hall–Kier alpha value is -3.78. The van der Waals surface area contributed by atoms with Crippen LogP contribution in [0.25, 0.3) is 16.8 Å². The number of anilines is 1. The van der Waals surface area contributed by atoms with Gasteiger partial charge in [0.15, 0.2) is 0 Å². The Morgan fingerprint density at radius 2 is 1.77 bits per heavy atom. The molecule has 2 N–H and O–H groups in total. The Labute approximate surface area is 241 Å². The maximum atomic E-state index is 14.1. The Bertz CT molecular complexity index is 1400. The normalized spacial score (nSPS) is 14.9. The fourth-order valence-corrected chi connectivity index (χ4v) is 5.02. The molecule has 0 saturated heterocycles. The standard InChI is InChI=1S/C32H37N3O4S/c1-5-21-10-8-13-24(18-21)28(29(36)33-25-17-16-22-11-6-7-12-23(22)19-25)35(26-14-9-15-26)30(37)27(20-40)34-31(38)39-32(2,3)4/h5-8,10-13,16-19,26-28,40H,1,9,14-15,20H2,2-4H3,(H,33,36)(H,34,38). The fraction of sp³-hybridized carbons (Fsp3) is 0.344. The number of thiol groups is 1. The number of benzene rings is 3. The molecule has 0 aliphatic heterocycles. The van der Waals surface area contributed by atoms with Gasteiger partial charge in [0.05, 0.1) is 0 Å². The van der Waals surface area contributed by atoms with Crippen molar-refractivity contribution in [3.05, 3.63) is 84.4 Å². The summed E-state index contributed by atoms with van der Waals surface area (Å²) >= 11 is 4.37. The largest absolute Gasteiger partial charge is 0.444 e. The van der Waals surface area contributed by atoms with E-state index in [0.717, 1.165) is 35.6 Å². The van der Waals surface area contributed by atoms with E-state index in [-0.39, 0.29) is 23.6 Å². The van der Waals surface area contributed by atoms with Crippen molar-refractivity contribution in [2.75, 3.05) is 11.1 Å². The molecule has 4 rings (SSSR count). The quantitative estimate of drug-likeness (QED) is 0.266. The summed E-state index contributed by atoms with van der Waals surface area (Å²) in [5.74, 6) is -0.673. The highest BCUT2D eigenvalue weighted by Crippen LogP contribution is 2.35. The summed E-state index contributed by atoms with van der Waals surface area (Å²) < 4.78 is 5.39. The minimum atomic E-state index is -0.975. The van der Waals surface area contributed by atoms with Crippen LogP contribution in [0.15, 0.2) is 73.3 Å². The lowest BCUT2D eigenvalue weighted by atomic mass is 9.88. The number of nitrogens with zero attached hydrogens (tertiary/aromatic N) is 1. The first-order chi connectivity index (χ1) is 19.1. The van der Waals surface area contributed by atoms with Crippen molar-refractivity contribution in [3.63, 3.8) is 0 Å². The number of hydrogen-bond acceptors (Lipinski definition) is 5. The first-order valence-electron chi connectivity index (χ1n) is 13.5. The maximum absolute atomic E-state index is 14.1. The second-order valence-electron chi connectivity index (χ2n) is 11.0. The molecule has 40 heavy (non-hydrogen) atoms. The van der Waals surface area contributed by atoms with Crippen molar-refractivity contribution in [1.82, 2.24) is 10.2 Å². The van der Waals surface area contributed by atoms with Crippen molar-refractivity contribution >= 4 is 53.1 Å². The summed E-state index contributed by atoms with van der Waals surface area (Å²) in [6, 6.07) is 19.0. The van der Waals surface area contributed by atoms with Crippen LogP contribution < -0.4 is 10.6 Å². The van der Waals surface area contributed by atoms with Crippen LogP contribution in [0.2, 0.25) is 0 Å². The number of carbonyl (C=O) groups excluding carboxylic acids is 3. The first-order valence-corrected chi connectivity index (χ1v) is 14.2. The SMILES string of the molecule is C=Cc1cccc(C(C(=O)Nc2ccc3ccccc3c2)N(C(=O)C(CS)NC(=O)OC(C)(C)C)C2CCC2)c1. The topological polar surface area (TPSA) is 87.7 Å². The molecule has 3 amide bonds. The van der Waals surface area contributed by atoms with Gasteiger partial charge in [-0.3, -0.25) is 9.59 Å². The van der Waals surface area contributed by atoms with Crippen molar-refractivity contribution in [3.8, 4) is 0 Å². The van der Waals surface area contributed by atoms with Crippen LogP contribution in [0, 0.1) is 0 Å². The second kappa shape index (κ2) is 12.6. The summed E-state index contributed by atoms with van der Waals surface area (Å²) in [5.41, 5.74) is 1.40. The Balaban J connectivity index is 1.71. The summed E-state index contributed by atoms with van der Waals surface area (Å²) in [7, 11) is 0. The molecule has 1 saturated carbocycles. The molecule has 0 spiro atoms. The number of alkyl carbamates (subject to hydrolysis) is 1. The fourth-order valence-electron chi connectivity index (χ4n) is 4.77. The van der Waals surface area contributed by atoms with Crippen molar-refractivity contribution < 1.29 is 19.1 Å². The van der Waals surface area contributed by atoms with Crippen LogP contribution in [0.5, 0.6) is 0 Å². The Morgan fingerprint density at radius 1 is 1.05 bits per heavy atom. The highest BCUT2D eigenvalue weighted by molar-refractivity contribution is 7.80. The highest BCUT2D eigenvalue weighted by atomic mass is 32.1. The van der Waals surface area contributed by atoms with Gasteiger partial charge in [0.2, 0.25) is 5.91 Å². The number of amides is 3. The molecule has 2 atom stereocenters. The summed E-state index contributed by atoms with van der Waals surface area (Å²) in [6.45, 7) is 9.13. The molecule has 0 bridgehead atoms. The third-order valence-corrected chi connectivity index (χ3v) is 7.26. The van der Waals surface area contributed by atoms with Crippen LogP contribution in [0.4, 0.5) is 10.5 Å². The zero-order chi connectivity index (χ0) is 28.9. The molecule has 8 heteroatoms. The smallest absolute Gasteiger partial charge is 0.408 e. The van der Waals surface area contributed by atoms with Gasteiger partial charge in [-0.2, -0.15) is 12.6 Å². The molecule has 2 unspecified atom stereocenters. The molecule has 0 aromatic heterocycles. The molecule has 0 radical (unpaired) electrons. The van der Waals surface area contributed by atoms with E-state index >= 15 is 0 Å². The molecule has 3 aromatic rings. The van der Waals surface area contributed by atoms with Crippen LogP contribution >= 0.6 is 12.6 Å². The van der Waals surface area contributed by atoms with Crippen molar-refractivity contribution in [2.45, 2.75) is 63.8 Å². The summed E-state index contributed by atoms with van der Waals surface area (Å²) in [4.78, 5) is 42.4.